The Kier molecular flexibility index (Phi) is 6.88. The van der Waals surface area contributed by atoms with Crippen molar-refractivity contribution in [2.24, 2.45) is 0 Å². The lowest BCUT2D eigenvalue weighted by molar-refractivity contribution is -0.384. The van der Waals surface area contributed by atoms with E-state index in [0.717, 1.165) is 50.5 Å². The fourth-order valence-electron chi connectivity index (χ4n) is 3.52. The highest BCUT2D eigenvalue weighted by atomic mass is 32.2. The molecule has 0 bridgehead atoms. The molecule has 0 aliphatic carbocycles. The van der Waals surface area contributed by atoms with Gasteiger partial charge in [-0.15, -0.1) is 0 Å². The molecule has 162 valence electrons. The highest BCUT2D eigenvalue weighted by Gasteiger charge is 2.21. The number of sulfonamides is 1. The van der Waals surface area contributed by atoms with Crippen LogP contribution in [-0.2, 0) is 10.0 Å². The summed E-state index contributed by atoms with van der Waals surface area (Å²) in [7, 11) is -3.57. The summed E-state index contributed by atoms with van der Waals surface area (Å²) in [5, 5.41) is 10.8. The maximum absolute atomic E-state index is 12.5. The molecule has 2 aromatic rings. The van der Waals surface area contributed by atoms with E-state index in [-0.39, 0.29) is 16.6 Å². The van der Waals surface area contributed by atoms with Gasteiger partial charge in [0.1, 0.15) is 10.7 Å². The van der Waals surface area contributed by atoms with E-state index in [2.05, 4.69) is 19.5 Å². The Morgan fingerprint density at radius 2 is 1.73 bits per heavy atom. The molecule has 1 unspecified atom stereocenters. The van der Waals surface area contributed by atoms with Gasteiger partial charge in [0.05, 0.1) is 4.92 Å². The number of non-ortho nitro benzene ring substituents is 1. The van der Waals surface area contributed by atoms with Crippen LogP contribution in [-0.4, -0.2) is 50.5 Å². The number of pyridine rings is 1. The number of hydrogen-bond acceptors (Lipinski definition) is 7. The minimum atomic E-state index is -3.57. The molecular formula is C20H27N5O4S. The van der Waals surface area contributed by atoms with Crippen LogP contribution in [0.25, 0.3) is 0 Å². The zero-order chi connectivity index (χ0) is 21.7. The molecule has 0 amide bonds. The Hall–Kier alpha value is -2.72. The third-order valence-corrected chi connectivity index (χ3v) is 6.71. The number of nitro groups is 1. The highest BCUT2D eigenvalue weighted by molar-refractivity contribution is 7.89. The second kappa shape index (κ2) is 9.40. The van der Waals surface area contributed by atoms with Crippen molar-refractivity contribution >= 4 is 27.2 Å². The quantitative estimate of drug-likeness (QED) is 0.504. The maximum atomic E-state index is 12.5. The molecule has 1 aromatic heterocycles. The third kappa shape index (κ3) is 5.25. The minimum Gasteiger partial charge on any atom is -0.368 e. The molecule has 0 spiro atoms. The van der Waals surface area contributed by atoms with Crippen molar-refractivity contribution in [2.75, 3.05) is 36.0 Å². The van der Waals surface area contributed by atoms with Gasteiger partial charge in [0, 0.05) is 56.2 Å². The zero-order valence-corrected chi connectivity index (χ0v) is 18.0. The summed E-state index contributed by atoms with van der Waals surface area (Å²) in [5.74, 6) is 0.735. The summed E-state index contributed by atoms with van der Waals surface area (Å²) in [6.07, 6.45) is 3.09. The first kappa shape index (κ1) is 22.0. The van der Waals surface area contributed by atoms with Gasteiger partial charge in [-0.2, -0.15) is 0 Å². The summed E-state index contributed by atoms with van der Waals surface area (Å²) in [6.45, 7) is 6.81. The van der Waals surface area contributed by atoms with Gasteiger partial charge in [0.2, 0.25) is 10.0 Å². The zero-order valence-electron chi connectivity index (χ0n) is 17.2. The molecule has 30 heavy (non-hydrogen) atoms. The lowest BCUT2D eigenvalue weighted by Crippen LogP contribution is -2.46. The molecule has 1 aromatic carbocycles. The van der Waals surface area contributed by atoms with E-state index in [4.69, 9.17) is 0 Å². The van der Waals surface area contributed by atoms with Crippen LogP contribution in [0.3, 0.4) is 0 Å². The van der Waals surface area contributed by atoms with Gasteiger partial charge in [-0.1, -0.05) is 13.3 Å². The lowest BCUT2D eigenvalue weighted by Gasteiger charge is -2.36. The first-order chi connectivity index (χ1) is 14.3. The van der Waals surface area contributed by atoms with Crippen molar-refractivity contribution in [1.82, 2.24) is 9.71 Å². The van der Waals surface area contributed by atoms with Crippen molar-refractivity contribution in [3.05, 3.63) is 52.7 Å². The maximum Gasteiger partial charge on any atom is 0.269 e. The van der Waals surface area contributed by atoms with E-state index in [1.54, 1.807) is 24.3 Å². The fourth-order valence-corrected chi connectivity index (χ4v) is 4.74. The smallest absolute Gasteiger partial charge is 0.269 e. The molecule has 1 aliphatic heterocycles. The average molecular weight is 434 g/mol. The van der Waals surface area contributed by atoms with Gasteiger partial charge in [-0.3, -0.25) is 10.1 Å². The Morgan fingerprint density at radius 3 is 2.27 bits per heavy atom. The Bertz CT molecular complexity index is 956. The minimum absolute atomic E-state index is 0.0789. The number of aromatic nitrogens is 1. The van der Waals surface area contributed by atoms with Crippen molar-refractivity contribution in [3.63, 3.8) is 0 Å². The largest absolute Gasteiger partial charge is 0.368 e. The second-order valence-electron chi connectivity index (χ2n) is 7.41. The van der Waals surface area contributed by atoms with Gasteiger partial charge >= 0.3 is 0 Å². The van der Waals surface area contributed by atoms with E-state index < -0.39 is 14.9 Å². The van der Waals surface area contributed by atoms with Crippen molar-refractivity contribution in [3.8, 4) is 0 Å². The first-order valence-corrected chi connectivity index (χ1v) is 11.5. The van der Waals surface area contributed by atoms with Crippen LogP contribution in [0.4, 0.5) is 17.2 Å². The highest BCUT2D eigenvalue weighted by Crippen LogP contribution is 2.22. The number of nitrogens with one attached hydrogen (secondary N) is 1. The number of nitrogens with zero attached hydrogens (tertiary/aromatic N) is 4. The predicted molar refractivity (Wildman–Crippen MR) is 116 cm³/mol. The van der Waals surface area contributed by atoms with Crippen molar-refractivity contribution in [1.29, 1.82) is 0 Å². The van der Waals surface area contributed by atoms with E-state index in [9.17, 15) is 18.5 Å². The molecule has 2 heterocycles. The molecule has 1 fully saturated rings. The molecule has 3 rings (SSSR count). The molecule has 9 nitrogen and oxygen atoms in total. The summed E-state index contributed by atoms with van der Waals surface area (Å²) in [5.41, 5.74) is 1.03. The standard InChI is InChI=1S/C20H27N5O4S/c1-3-4-16(2)22-30(28,29)19-9-10-20(21-15-19)24-13-11-23(12-14-24)17-5-7-18(8-6-17)25(26)27/h5-10,15-16,22H,3-4,11-14H2,1-2H3. The van der Waals surface area contributed by atoms with Crippen LogP contribution < -0.4 is 14.5 Å². The molecule has 1 aliphatic rings. The van der Waals surface area contributed by atoms with Gasteiger partial charge < -0.3 is 9.80 Å². The van der Waals surface area contributed by atoms with Crippen LogP contribution in [0, 0.1) is 10.1 Å². The monoisotopic (exact) mass is 433 g/mol. The van der Waals surface area contributed by atoms with Crippen LogP contribution in [0.2, 0.25) is 0 Å². The number of anilines is 2. The summed E-state index contributed by atoms with van der Waals surface area (Å²) >= 11 is 0. The van der Waals surface area contributed by atoms with Crippen LogP contribution >= 0.6 is 0 Å². The van der Waals surface area contributed by atoms with E-state index >= 15 is 0 Å². The van der Waals surface area contributed by atoms with Crippen molar-refractivity contribution < 1.29 is 13.3 Å². The number of benzene rings is 1. The first-order valence-electron chi connectivity index (χ1n) is 10.0. The Labute approximate surface area is 176 Å². The molecule has 1 N–H and O–H groups in total. The number of hydrogen-bond donors (Lipinski definition) is 1. The third-order valence-electron chi connectivity index (χ3n) is 5.14. The van der Waals surface area contributed by atoms with Crippen LogP contribution in [0.15, 0.2) is 47.5 Å². The summed E-state index contributed by atoms with van der Waals surface area (Å²) in [4.78, 5) is 19.2. The molecule has 0 radical (unpaired) electrons. The van der Waals surface area contributed by atoms with Crippen LogP contribution in [0.5, 0.6) is 0 Å². The SMILES string of the molecule is CCCC(C)NS(=O)(=O)c1ccc(N2CCN(c3ccc([N+](=O)[O-])cc3)CC2)nc1. The van der Waals surface area contributed by atoms with Gasteiger partial charge in [-0.25, -0.2) is 18.1 Å². The van der Waals surface area contributed by atoms with Crippen LogP contribution in [0.1, 0.15) is 26.7 Å². The molecule has 10 heteroatoms. The summed E-state index contributed by atoms with van der Waals surface area (Å²) in [6, 6.07) is 9.76. The van der Waals surface area contributed by atoms with E-state index in [0.29, 0.717) is 0 Å². The topological polar surface area (TPSA) is 109 Å². The second-order valence-corrected chi connectivity index (χ2v) is 9.12. The Morgan fingerprint density at radius 1 is 1.10 bits per heavy atom. The molecule has 1 saturated heterocycles. The van der Waals surface area contributed by atoms with E-state index in [1.165, 1.54) is 18.3 Å². The van der Waals surface area contributed by atoms with E-state index in [1.807, 2.05) is 13.8 Å². The fraction of sp³-hybridized carbons (Fsp3) is 0.450. The van der Waals surface area contributed by atoms with Crippen molar-refractivity contribution in [2.45, 2.75) is 37.6 Å². The van der Waals surface area contributed by atoms with Gasteiger partial charge in [0.25, 0.3) is 5.69 Å². The van der Waals surface area contributed by atoms with Gasteiger partial charge in [0.15, 0.2) is 0 Å². The average Bonchev–Trinajstić information content (AvgIpc) is 2.74. The van der Waals surface area contributed by atoms with Gasteiger partial charge in [-0.05, 0) is 37.6 Å². The molecule has 0 saturated carbocycles. The molecular weight excluding hydrogens is 406 g/mol. The molecule has 1 atom stereocenters. The Balaban J connectivity index is 1.60. The number of nitro benzene ring substituents is 1. The number of piperazine rings is 1. The number of rotatable bonds is 8. The predicted octanol–water partition coefficient (Wildman–Crippen LogP) is 2.78. The normalized spacial score (nSPS) is 15.8. The lowest BCUT2D eigenvalue weighted by atomic mass is 10.2. The summed E-state index contributed by atoms with van der Waals surface area (Å²) < 4.78 is 27.6.